The minimum absolute atomic E-state index is 0.0654. The zero-order valence-electron chi connectivity index (χ0n) is 19.1. The summed E-state index contributed by atoms with van der Waals surface area (Å²) in [7, 11) is 3.04. The number of rotatable bonds is 5. The smallest absolute Gasteiger partial charge is 0.300 e. The lowest BCUT2D eigenvalue weighted by atomic mass is 9.96. The minimum Gasteiger partial charge on any atom is -0.507 e. The molecule has 170 valence electrons. The number of benzene rings is 2. The van der Waals surface area contributed by atoms with Gasteiger partial charge in [-0.2, -0.15) is 0 Å². The van der Waals surface area contributed by atoms with Gasteiger partial charge in [-0.15, -0.1) is 11.3 Å². The minimum atomic E-state index is -0.775. The quantitative estimate of drug-likeness (QED) is 0.315. The molecule has 1 atom stereocenters. The van der Waals surface area contributed by atoms with E-state index in [1.807, 2.05) is 44.4 Å². The van der Waals surface area contributed by atoms with E-state index in [9.17, 15) is 14.7 Å². The van der Waals surface area contributed by atoms with Gasteiger partial charge >= 0.3 is 0 Å². The van der Waals surface area contributed by atoms with Gasteiger partial charge < -0.3 is 14.6 Å². The van der Waals surface area contributed by atoms with E-state index in [-0.39, 0.29) is 11.3 Å². The molecule has 2 aromatic carbocycles. The van der Waals surface area contributed by atoms with Gasteiger partial charge in [0.25, 0.3) is 11.7 Å². The highest BCUT2D eigenvalue weighted by atomic mass is 32.1. The largest absolute Gasteiger partial charge is 0.507 e. The molecular formula is C26H25NO5S. The fraction of sp³-hybridized carbons (Fsp3) is 0.231. The molecule has 2 heterocycles. The molecule has 1 unspecified atom stereocenters. The van der Waals surface area contributed by atoms with Gasteiger partial charge in [-0.3, -0.25) is 14.5 Å². The van der Waals surface area contributed by atoms with Crippen LogP contribution in [0.3, 0.4) is 0 Å². The zero-order chi connectivity index (χ0) is 23.9. The molecule has 4 rings (SSSR count). The van der Waals surface area contributed by atoms with Crippen LogP contribution in [0.5, 0.6) is 11.5 Å². The molecule has 1 fully saturated rings. The van der Waals surface area contributed by atoms with Crippen molar-refractivity contribution in [1.29, 1.82) is 0 Å². The van der Waals surface area contributed by atoms with Crippen molar-refractivity contribution in [3.05, 3.63) is 80.5 Å². The monoisotopic (exact) mass is 463 g/mol. The number of methoxy groups -OCH3 is 2. The van der Waals surface area contributed by atoms with E-state index in [1.54, 1.807) is 24.3 Å². The van der Waals surface area contributed by atoms with Crippen molar-refractivity contribution in [3.63, 3.8) is 0 Å². The van der Waals surface area contributed by atoms with Crippen LogP contribution < -0.4 is 14.4 Å². The lowest BCUT2D eigenvalue weighted by molar-refractivity contribution is -0.132. The normalized spacial score (nSPS) is 17.5. The van der Waals surface area contributed by atoms with Gasteiger partial charge in [-0.1, -0.05) is 12.1 Å². The molecule has 3 aromatic rings. The first-order chi connectivity index (χ1) is 15.8. The molecule has 1 aliphatic rings. The molecule has 1 aromatic heterocycles. The predicted octanol–water partition coefficient (Wildman–Crippen LogP) is 5.32. The number of ether oxygens (including phenoxy) is 2. The number of carbonyl (C=O) groups is 2. The number of nitrogens with zero attached hydrogens (tertiary/aromatic N) is 1. The number of aliphatic hydroxyl groups excluding tert-OH is 1. The van der Waals surface area contributed by atoms with Gasteiger partial charge in [0, 0.05) is 28.6 Å². The lowest BCUT2D eigenvalue weighted by Gasteiger charge is -2.25. The summed E-state index contributed by atoms with van der Waals surface area (Å²) in [5.74, 6) is -0.658. The van der Waals surface area contributed by atoms with E-state index in [4.69, 9.17) is 9.47 Å². The van der Waals surface area contributed by atoms with Crippen LogP contribution in [0, 0.1) is 20.8 Å². The summed E-state index contributed by atoms with van der Waals surface area (Å²) in [4.78, 5) is 28.9. The fourth-order valence-corrected chi connectivity index (χ4v) is 5.01. The average molecular weight is 464 g/mol. The Balaban J connectivity index is 1.97. The van der Waals surface area contributed by atoms with E-state index < -0.39 is 17.7 Å². The van der Waals surface area contributed by atoms with Crippen molar-refractivity contribution in [2.24, 2.45) is 0 Å². The Labute approximate surface area is 196 Å². The number of Topliss-reactive ketones (excluding diaryl/α,β-unsaturated/α-hetero) is 1. The lowest BCUT2D eigenvalue weighted by Crippen LogP contribution is -2.29. The average Bonchev–Trinajstić information content (AvgIpc) is 3.34. The second-order valence-electron chi connectivity index (χ2n) is 8.01. The second-order valence-corrected chi connectivity index (χ2v) is 8.95. The number of amides is 1. The van der Waals surface area contributed by atoms with Gasteiger partial charge in [-0.05, 0) is 55.0 Å². The van der Waals surface area contributed by atoms with Crippen molar-refractivity contribution < 1.29 is 24.2 Å². The molecule has 0 aliphatic carbocycles. The number of ketones is 1. The van der Waals surface area contributed by atoms with Crippen molar-refractivity contribution in [2.45, 2.75) is 26.8 Å². The van der Waals surface area contributed by atoms with Crippen molar-refractivity contribution in [2.75, 3.05) is 19.1 Å². The van der Waals surface area contributed by atoms with Crippen LogP contribution in [0.1, 0.15) is 33.2 Å². The summed E-state index contributed by atoms with van der Waals surface area (Å²) >= 11 is 1.44. The fourth-order valence-electron chi connectivity index (χ4n) is 3.99. The maximum atomic E-state index is 13.3. The molecule has 7 heteroatoms. The first kappa shape index (κ1) is 22.6. The molecule has 1 amide bonds. The maximum Gasteiger partial charge on any atom is 0.300 e. The first-order valence-electron chi connectivity index (χ1n) is 10.4. The summed E-state index contributed by atoms with van der Waals surface area (Å²) in [6.45, 7) is 5.84. The molecule has 0 saturated carbocycles. The molecule has 0 spiro atoms. The number of aryl methyl sites for hydroxylation is 3. The SMILES string of the molecule is COc1cc(OC)cc(N2C(=O)C(=O)/C(=C(\O)c3ccc(C)c(C)c3)C2c2sccc2C)c1. The van der Waals surface area contributed by atoms with Gasteiger partial charge in [0.2, 0.25) is 0 Å². The summed E-state index contributed by atoms with van der Waals surface area (Å²) < 4.78 is 10.7. The van der Waals surface area contributed by atoms with E-state index in [2.05, 4.69) is 0 Å². The van der Waals surface area contributed by atoms with Gasteiger partial charge in [0.15, 0.2) is 0 Å². The summed E-state index contributed by atoms with van der Waals surface area (Å²) in [6.07, 6.45) is 0. The van der Waals surface area contributed by atoms with Crippen LogP contribution in [-0.4, -0.2) is 31.0 Å². The van der Waals surface area contributed by atoms with Crippen LogP contribution in [0.15, 0.2) is 53.4 Å². The highest BCUT2D eigenvalue weighted by molar-refractivity contribution is 7.10. The van der Waals surface area contributed by atoms with Crippen LogP contribution in [0.25, 0.3) is 5.76 Å². The predicted molar refractivity (Wildman–Crippen MR) is 129 cm³/mol. The highest BCUT2D eigenvalue weighted by Gasteiger charge is 2.48. The van der Waals surface area contributed by atoms with E-state index in [0.29, 0.717) is 22.7 Å². The molecular weight excluding hydrogens is 438 g/mol. The third kappa shape index (κ3) is 3.89. The van der Waals surface area contributed by atoms with Gasteiger partial charge in [-0.25, -0.2) is 0 Å². The standard InChI is InChI=1S/C26H25NO5S/c1-14-6-7-17(10-16(14)3)23(28)21-22(25-15(2)8-9-33-25)27(26(30)24(21)29)18-11-19(31-4)13-20(12-18)32-5/h6-13,22,28H,1-5H3/b23-21-. The molecule has 0 radical (unpaired) electrons. The topological polar surface area (TPSA) is 76.1 Å². The third-order valence-electron chi connectivity index (χ3n) is 5.99. The number of thiophene rings is 1. The Morgan fingerprint density at radius 2 is 1.58 bits per heavy atom. The van der Waals surface area contributed by atoms with Crippen LogP contribution >= 0.6 is 11.3 Å². The van der Waals surface area contributed by atoms with E-state index in [1.165, 1.54) is 30.5 Å². The number of anilines is 1. The third-order valence-corrected chi connectivity index (χ3v) is 7.06. The Hall–Kier alpha value is -3.58. The number of hydrogen-bond donors (Lipinski definition) is 1. The molecule has 33 heavy (non-hydrogen) atoms. The summed E-state index contributed by atoms with van der Waals surface area (Å²) in [5, 5.41) is 13.2. The Kier molecular flexibility index (Phi) is 5.99. The summed E-state index contributed by atoms with van der Waals surface area (Å²) in [5.41, 5.74) is 3.99. The molecule has 1 aliphatic heterocycles. The highest BCUT2D eigenvalue weighted by Crippen LogP contribution is 2.46. The Morgan fingerprint density at radius 3 is 2.12 bits per heavy atom. The zero-order valence-corrected chi connectivity index (χ0v) is 19.9. The number of aliphatic hydroxyl groups is 1. The van der Waals surface area contributed by atoms with Crippen molar-refractivity contribution in [3.8, 4) is 11.5 Å². The van der Waals surface area contributed by atoms with Crippen LogP contribution in [0.4, 0.5) is 5.69 Å². The van der Waals surface area contributed by atoms with Crippen LogP contribution in [-0.2, 0) is 9.59 Å². The van der Waals surface area contributed by atoms with Crippen molar-refractivity contribution >= 4 is 34.5 Å². The number of carbonyl (C=O) groups excluding carboxylic acids is 2. The Morgan fingerprint density at radius 1 is 0.909 bits per heavy atom. The summed E-state index contributed by atoms with van der Waals surface area (Å²) in [6, 6.07) is 11.7. The van der Waals surface area contributed by atoms with Gasteiger partial charge in [0.05, 0.1) is 25.5 Å². The molecule has 0 bridgehead atoms. The van der Waals surface area contributed by atoms with Crippen LogP contribution in [0.2, 0.25) is 0 Å². The molecule has 1 saturated heterocycles. The van der Waals surface area contributed by atoms with Crippen molar-refractivity contribution in [1.82, 2.24) is 0 Å². The van der Waals surface area contributed by atoms with Gasteiger partial charge in [0.1, 0.15) is 23.3 Å². The number of hydrogen-bond acceptors (Lipinski definition) is 6. The van der Waals surface area contributed by atoms with E-state index >= 15 is 0 Å². The molecule has 1 N–H and O–H groups in total. The van der Waals surface area contributed by atoms with E-state index in [0.717, 1.165) is 21.6 Å². The maximum absolute atomic E-state index is 13.3. The first-order valence-corrected chi connectivity index (χ1v) is 11.3. The second kappa shape index (κ2) is 8.75. The molecule has 6 nitrogen and oxygen atoms in total. The Bertz CT molecular complexity index is 1270.